The Labute approximate surface area is 120 Å². The lowest BCUT2D eigenvalue weighted by Gasteiger charge is -2.12. The molecule has 0 saturated carbocycles. The fourth-order valence-corrected chi connectivity index (χ4v) is 1.97. The number of nitrogens with zero attached hydrogens (tertiary/aromatic N) is 4. The number of aliphatic carboxylic acids is 1. The molecule has 3 N–H and O–H groups in total. The van der Waals surface area contributed by atoms with Crippen LogP contribution in [0.15, 0.2) is 6.20 Å². The third-order valence-electron chi connectivity index (χ3n) is 3.05. The fraction of sp³-hybridized carbons (Fsp3) is 0.545. The number of urea groups is 1. The summed E-state index contributed by atoms with van der Waals surface area (Å²) in [4.78, 5) is 35.3. The Morgan fingerprint density at radius 1 is 1.52 bits per heavy atom. The van der Waals surface area contributed by atoms with Gasteiger partial charge in [0, 0.05) is 13.6 Å². The predicted molar refractivity (Wildman–Crippen MR) is 69.1 cm³/mol. The predicted octanol–water partition coefficient (Wildman–Crippen LogP) is -1.61. The average Bonchev–Trinajstić information content (AvgIpc) is 2.97. The number of likely N-dealkylation sites (N-methyl/N-ethyl adjacent to an activating group) is 1. The summed E-state index contributed by atoms with van der Waals surface area (Å²) in [5.74, 6) is -1.14. The van der Waals surface area contributed by atoms with Gasteiger partial charge in [0.2, 0.25) is 5.91 Å². The van der Waals surface area contributed by atoms with Crippen molar-refractivity contribution in [3.8, 4) is 0 Å². The molecule has 0 radical (unpaired) electrons. The highest BCUT2D eigenvalue weighted by molar-refractivity contribution is 5.88. The number of hydrogen-bond donors (Lipinski definition) is 3. The summed E-state index contributed by atoms with van der Waals surface area (Å²) < 4.78 is 1.16. The van der Waals surface area contributed by atoms with Gasteiger partial charge in [0.05, 0.1) is 12.7 Å². The molecule has 1 aromatic heterocycles. The van der Waals surface area contributed by atoms with E-state index in [1.54, 1.807) is 11.9 Å². The molecule has 2 heterocycles. The number of rotatable bonds is 5. The van der Waals surface area contributed by atoms with Crippen LogP contribution >= 0.6 is 0 Å². The molecule has 114 valence electrons. The smallest absolute Gasteiger partial charge is 0.325 e. The highest BCUT2D eigenvalue weighted by Crippen LogP contribution is 2.07. The van der Waals surface area contributed by atoms with Gasteiger partial charge in [-0.05, 0) is 6.42 Å². The van der Waals surface area contributed by atoms with E-state index in [1.807, 2.05) is 0 Å². The van der Waals surface area contributed by atoms with E-state index in [0.717, 1.165) is 4.68 Å². The highest BCUT2D eigenvalue weighted by atomic mass is 16.4. The SMILES string of the molecule is CN1CCC(NC(=O)NCc2cn(CC(=O)O)nn2)C1=O. The van der Waals surface area contributed by atoms with Crippen LogP contribution in [0, 0.1) is 0 Å². The van der Waals surface area contributed by atoms with Crippen molar-refractivity contribution >= 4 is 17.9 Å². The molecule has 1 aliphatic rings. The summed E-state index contributed by atoms with van der Waals surface area (Å²) in [6.45, 7) is 0.428. The molecule has 2 rings (SSSR count). The molecule has 1 atom stereocenters. The van der Waals surface area contributed by atoms with Crippen molar-refractivity contribution in [3.63, 3.8) is 0 Å². The van der Waals surface area contributed by atoms with Gasteiger partial charge in [-0.1, -0.05) is 5.21 Å². The summed E-state index contributed by atoms with van der Waals surface area (Å²) >= 11 is 0. The van der Waals surface area contributed by atoms with Crippen molar-refractivity contribution in [2.24, 2.45) is 0 Å². The Bertz CT molecular complexity index is 557. The Hall–Kier alpha value is -2.65. The second-order valence-electron chi connectivity index (χ2n) is 4.73. The lowest BCUT2D eigenvalue weighted by Crippen LogP contribution is -2.45. The third kappa shape index (κ3) is 3.91. The van der Waals surface area contributed by atoms with E-state index in [1.165, 1.54) is 6.20 Å². The molecule has 10 nitrogen and oxygen atoms in total. The van der Waals surface area contributed by atoms with Gasteiger partial charge in [0.25, 0.3) is 0 Å². The number of nitrogens with one attached hydrogen (secondary N) is 2. The second kappa shape index (κ2) is 6.20. The van der Waals surface area contributed by atoms with E-state index in [0.29, 0.717) is 18.7 Å². The van der Waals surface area contributed by atoms with Crippen molar-refractivity contribution in [2.75, 3.05) is 13.6 Å². The van der Waals surface area contributed by atoms with Crippen LogP contribution in [0.2, 0.25) is 0 Å². The minimum atomic E-state index is -1.03. The molecule has 1 aliphatic heterocycles. The van der Waals surface area contributed by atoms with E-state index in [4.69, 9.17) is 5.11 Å². The van der Waals surface area contributed by atoms with Crippen molar-refractivity contribution in [1.82, 2.24) is 30.5 Å². The zero-order valence-corrected chi connectivity index (χ0v) is 11.4. The Morgan fingerprint density at radius 2 is 2.29 bits per heavy atom. The van der Waals surface area contributed by atoms with Crippen LogP contribution in [0.3, 0.4) is 0 Å². The molecule has 0 aliphatic carbocycles. The molecule has 1 saturated heterocycles. The van der Waals surface area contributed by atoms with Gasteiger partial charge in [-0.2, -0.15) is 0 Å². The van der Waals surface area contributed by atoms with Gasteiger partial charge < -0.3 is 20.6 Å². The molecular formula is C11H16N6O4. The summed E-state index contributed by atoms with van der Waals surface area (Å²) in [5, 5.41) is 21.1. The standard InChI is InChI=1S/C11H16N6O4/c1-16-3-2-8(10(16)20)13-11(21)12-4-7-5-17(15-14-7)6-9(18)19/h5,8H,2-4,6H2,1H3,(H,18,19)(H2,12,13,21). The number of aromatic nitrogens is 3. The lowest BCUT2D eigenvalue weighted by atomic mass is 10.2. The summed E-state index contributed by atoms with van der Waals surface area (Å²) in [6.07, 6.45) is 2.01. The molecule has 0 spiro atoms. The molecule has 3 amide bonds. The largest absolute Gasteiger partial charge is 0.480 e. The molecule has 0 aromatic carbocycles. The van der Waals surface area contributed by atoms with Crippen molar-refractivity contribution in [1.29, 1.82) is 0 Å². The first-order valence-electron chi connectivity index (χ1n) is 6.36. The molecule has 1 unspecified atom stereocenters. The topological polar surface area (TPSA) is 129 Å². The van der Waals surface area contributed by atoms with E-state index in [2.05, 4.69) is 20.9 Å². The fourth-order valence-electron chi connectivity index (χ4n) is 1.97. The van der Waals surface area contributed by atoms with Crippen LogP contribution < -0.4 is 10.6 Å². The minimum absolute atomic E-state index is 0.0994. The monoisotopic (exact) mass is 296 g/mol. The van der Waals surface area contributed by atoms with Crippen LogP contribution in [0.1, 0.15) is 12.1 Å². The first-order valence-corrected chi connectivity index (χ1v) is 6.36. The molecule has 10 heteroatoms. The summed E-state index contributed by atoms with van der Waals surface area (Å²) in [7, 11) is 1.68. The van der Waals surface area contributed by atoms with E-state index >= 15 is 0 Å². The summed E-state index contributed by atoms with van der Waals surface area (Å²) in [5.41, 5.74) is 0.432. The number of likely N-dealkylation sites (tertiary alicyclic amines) is 1. The van der Waals surface area contributed by atoms with Gasteiger partial charge >= 0.3 is 12.0 Å². The number of hydrogen-bond acceptors (Lipinski definition) is 5. The molecule has 1 fully saturated rings. The van der Waals surface area contributed by atoms with Crippen molar-refractivity contribution in [2.45, 2.75) is 25.6 Å². The van der Waals surface area contributed by atoms with Gasteiger partial charge in [-0.15, -0.1) is 5.10 Å². The van der Waals surface area contributed by atoms with Gasteiger partial charge in [0.15, 0.2) is 0 Å². The van der Waals surface area contributed by atoms with E-state index in [9.17, 15) is 14.4 Å². The third-order valence-corrected chi connectivity index (χ3v) is 3.05. The van der Waals surface area contributed by atoms with Crippen LogP contribution in [0.5, 0.6) is 0 Å². The van der Waals surface area contributed by atoms with Gasteiger partial charge in [-0.3, -0.25) is 9.59 Å². The molecule has 21 heavy (non-hydrogen) atoms. The minimum Gasteiger partial charge on any atom is -0.480 e. The molecule has 0 bridgehead atoms. The summed E-state index contributed by atoms with van der Waals surface area (Å²) in [6, 6.07) is -0.978. The van der Waals surface area contributed by atoms with Gasteiger partial charge in [0.1, 0.15) is 18.3 Å². The number of carboxylic acid groups (broad SMARTS) is 1. The maximum absolute atomic E-state index is 11.7. The average molecular weight is 296 g/mol. The van der Waals surface area contributed by atoms with Crippen LogP contribution in [-0.2, 0) is 22.7 Å². The van der Waals surface area contributed by atoms with E-state index in [-0.39, 0.29) is 19.0 Å². The quantitative estimate of drug-likeness (QED) is 0.599. The number of amides is 3. The van der Waals surface area contributed by atoms with Crippen LogP contribution in [0.25, 0.3) is 0 Å². The first-order chi connectivity index (χ1) is 9.95. The van der Waals surface area contributed by atoms with Crippen LogP contribution in [-0.4, -0.2) is 62.5 Å². The van der Waals surface area contributed by atoms with E-state index < -0.39 is 18.0 Å². The zero-order valence-electron chi connectivity index (χ0n) is 11.4. The zero-order chi connectivity index (χ0) is 15.4. The Kier molecular flexibility index (Phi) is 4.36. The number of carboxylic acids is 1. The highest BCUT2D eigenvalue weighted by Gasteiger charge is 2.30. The maximum atomic E-state index is 11.7. The normalized spacial score (nSPS) is 17.9. The Morgan fingerprint density at radius 3 is 2.90 bits per heavy atom. The van der Waals surface area contributed by atoms with Crippen LogP contribution in [0.4, 0.5) is 4.79 Å². The molecule has 1 aromatic rings. The number of carbonyl (C=O) groups excluding carboxylic acids is 2. The first kappa shape index (κ1) is 14.8. The van der Waals surface area contributed by atoms with Crippen molar-refractivity contribution in [3.05, 3.63) is 11.9 Å². The second-order valence-corrected chi connectivity index (χ2v) is 4.73. The van der Waals surface area contributed by atoms with Gasteiger partial charge in [-0.25, -0.2) is 9.48 Å². The van der Waals surface area contributed by atoms with Crippen molar-refractivity contribution < 1.29 is 19.5 Å². The number of carbonyl (C=O) groups is 3. The maximum Gasteiger partial charge on any atom is 0.325 e. The Balaban J connectivity index is 1.77. The lowest BCUT2D eigenvalue weighted by molar-refractivity contribution is -0.138. The molecular weight excluding hydrogens is 280 g/mol.